The fourth-order valence-electron chi connectivity index (χ4n) is 1.62. The Balaban J connectivity index is 2.37. The number of nitrogens with one attached hydrogen (secondary N) is 1. The van der Waals surface area contributed by atoms with Crippen LogP contribution in [-0.4, -0.2) is 10.2 Å². The Morgan fingerprint density at radius 3 is 2.71 bits per heavy atom. The summed E-state index contributed by atoms with van der Waals surface area (Å²) in [5.74, 6) is 0. The molecule has 0 radical (unpaired) electrons. The van der Waals surface area contributed by atoms with Crippen LogP contribution in [0.15, 0.2) is 36.5 Å². The molecule has 0 atom stereocenters. The minimum absolute atomic E-state index is 1.08. The molecule has 0 aliphatic carbocycles. The van der Waals surface area contributed by atoms with Crippen molar-refractivity contribution in [3.05, 3.63) is 42.1 Å². The molecule has 0 bridgehead atoms. The number of aromatic nitrogens is 2. The zero-order valence-corrected chi connectivity index (χ0v) is 8.33. The van der Waals surface area contributed by atoms with Crippen LogP contribution in [0, 0.1) is 0 Å². The molecule has 2 heteroatoms. The van der Waals surface area contributed by atoms with Crippen LogP contribution in [0.3, 0.4) is 0 Å². The van der Waals surface area contributed by atoms with Gasteiger partial charge in [0.05, 0.1) is 11.9 Å². The molecule has 0 amide bonds. The summed E-state index contributed by atoms with van der Waals surface area (Å²) in [5.41, 5.74) is 3.68. The Morgan fingerprint density at radius 1 is 1.21 bits per heavy atom. The summed E-state index contributed by atoms with van der Waals surface area (Å²) >= 11 is 0. The highest BCUT2D eigenvalue weighted by atomic mass is 15.1. The highest BCUT2D eigenvalue weighted by Crippen LogP contribution is 2.21. The van der Waals surface area contributed by atoms with Gasteiger partial charge in [-0.25, -0.2) is 0 Å². The lowest BCUT2D eigenvalue weighted by Crippen LogP contribution is -1.85. The van der Waals surface area contributed by atoms with Gasteiger partial charge in [0.25, 0.3) is 0 Å². The summed E-state index contributed by atoms with van der Waals surface area (Å²) in [6.45, 7) is 2.18. The maximum absolute atomic E-state index is 4.09. The fourth-order valence-corrected chi connectivity index (χ4v) is 1.62. The fraction of sp³-hybridized carbons (Fsp3) is 0.250. The monoisotopic (exact) mass is 186 g/mol. The lowest BCUT2D eigenvalue weighted by atomic mass is 10.1. The first kappa shape index (κ1) is 9.00. The average Bonchev–Trinajstić information content (AvgIpc) is 2.68. The van der Waals surface area contributed by atoms with E-state index in [0.717, 1.165) is 18.5 Å². The number of aryl methyl sites for hydroxylation is 1. The van der Waals surface area contributed by atoms with Crippen LogP contribution in [-0.2, 0) is 6.42 Å². The number of H-pyrrole nitrogens is 1. The second-order valence-corrected chi connectivity index (χ2v) is 3.39. The van der Waals surface area contributed by atoms with E-state index < -0.39 is 0 Å². The molecular formula is C12H14N2. The van der Waals surface area contributed by atoms with Gasteiger partial charge in [0.2, 0.25) is 0 Å². The maximum atomic E-state index is 4.09. The van der Waals surface area contributed by atoms with Crippen molar-refractivity contribution in [1.82, 2.24) is 10.2 Å². The molecule has 14 heavy (non-hydrogen) atoms. The van der Waals surface area contributed by atoms with Crippen molar-refractivity contribution >= 4 is 0 Å². The van der Waals surface area contributed by atoms with Crippen LogP contribution < -0.4 is 0 Å². The van der Waals surface area contributed by atoms with Crippen LogP contribution in [0.5, 0.6) is 0 Å². The summed E-state index contributed by atoms with van der Waals surface area (Å²) in [4.78, 5) is 0. The van der Waals surface area contributed by atoms with Crippen molar-refractivity contribution in [1.29, 1.82) is 0 Å². The largest absolute Gasteiger partial charge is 0.278 e. The molecule has 2 nitrogen and oxygen atoms in total. The molecule has 0 aliphatic rings. The van der Waals surface area contributed by atoms with Gasteiger partial charge in [-0.05, 0) is 17.5 Å². The van der Waals surface area contributed by atoms with Gasteiger partial charge in [0, 0.05) is 0 Å². The number of nitrogens with zero attached hydrogens (tertiary/aromatic N) is 1. The number of hydrogen-bond donors (Lipinski definition) is 1. The van der Waals surface area contributed by atoms with Gasteiger partial charge in [-0.2, -0.15) is 5.10 Å². The first-order valence-electron chi connectivity index (χ1n) is 4.99. The van der Waals surface area contributed by atoms with Gasteiger partial charge < -0.3 is 0 Å². The Labute approximate surface area is 84.0 Å². The smallest absolute Gasteiger partial charge is 0.0682 e. The highest BCUT2D eigenvalue weighted by Gasteiger charge is 2.05. The predicted octanol–water partition coefficient (Wildman–Crippen LogP) is 3.03. The molecule has 0 fully saturated rings. The number of hydrogen-bond acceptors (Lipinski definition) is 1. The molecule has 1 heterocycles. The van der Waals surface area contributed by atoms with Crippen molar-refractivity contribution in [2.45, 2.75) is 19.8 Å². The molecule has 0 unspecified atom stereocenters. The van der Waals surface area contributed by atoms with E-state index in [9.17, 15) is 0 Å². The van der Waals surface area contributed by atoms with Crippen LogP contribution in [0.25, 0.3) is 11.3 Å². The third-order valence-corrected chi connectivity index (χ3v) is 2.30. The second kappa shape index (κ2) is 4.09. The molecular weight excluding hydrogens is 172 g/mol. The molecule has 72 valence electrons. The van der Waals surface area contributed by atoms with Crippen molar-refractivity contribution in [2.75, 3.05) is 0 Å². The zero-order valence-electron chi connectivity index (χ0n) is 8.33. The topological polar surface area (TPSA) is 28.7 Å². The van der Waals surface area contributed by atoms with E-state index in [1.807, 2.05) is 24.4 Å². The lowest BCUT2D eigenvalue weighted by molar-refractivity contribution is 0.924. The third kappa shape index (κ3) is 1.69. The minimum atomic E-state index is 1.08. The summed E-state index contributed by atoms with van der Waals surface area (Å²) in [6.07, 6.45) is 4.16. The van der Waals surface area contributed by atoms with E-state index in [1.165, 1.54) is 11.1 Å². The Bertz CT molecular complexity index is 390. The van der Waals surface area contributed by atoms with Gasteiger partial charge in [0.1, 0.15) is 0 Å². The van der Waals surface area contributed by atoms with Crippen molar-refractivity contribution < 1.29 is 0 Å². The summed E-state index contributed by atoms with van der Waals surface area (Å²) < 4.78 is 0. The van der Waals surface area contributed by atoms with Crippen molar-refractivity contribution in [2.24, 2.45) is 0 Å². The SMILES string of the molecule is CCCc1cn[nH]c1-c1ccccc1. The standard InChI is InChI=1S/C12H14N2/c1-2-6-11-9-13-14-12(11)10-7-4-3-5-8-10/h3-5,7-9H,2,6H2,1H3,(H,13,14). The molecule has 0 aliphatic heterocycles. The van der Waals surface area contributed by atoms with Crippen LogP contribution in [0.1, 0.15) is 18.9 Å². The van der Waals surface area contributed by atoms with Gasteiger partial charge in [-0.1, -0.05) is 43.7 Å². The predicted molar refractivity (Wildman–Crippen MR) is 58.0 cm³/mol. The molecule has 0 spiro atoms. The van der Waals surface area contributed by atoms with Gasteiger partial charge in [0.15, 0.2) is 0 Å². The summed E-state index contributed by atoms with van der Waals surface area (Å²) in [5, 5.41) is 7.15. The van der Waals surface area contributed by atoms with Crippen molar-refractivity contribution in [3.8, 4) is 11.3 Å². The zero-order chi connectivity index (χ0) is 9.80. The van der Waals surface area contributed by atoms with E-state index in [2.05, 4.69) is 29.3 Å². The summed E-state index contributed by atoms with van der Waals surface area (Å²) in [7, 11) is 0. The molecule has 0 saturated carbocycles. The number of aromatic amines is 1. The normalized spacial score (nSPS) is 10.4. The van der Waals surface area contributed by atoms with E-state index in [1.54, 1.807) is 0 Å². The molecule has 1 aromatic heterocycles. The number of rotatable bonds is 3. The lowest BCUT2D eigenvalue weighted by Gasteiger charge is -2.00. The Kier molecular flexibility index (Phi) is 2.63. The molecule has 1 aromatic carbocycles. The van der Waals surface area contributed by atoms with Gasteiger partial charge in [-0.15, -0.1) is 0 Å². The van der Waals surface area contributed by atoms with Crippen molar-refractivity contribution in [3.63, 3.8) is 0 Å². The molecule has 0 saturated heterocycles. The summed E-state index contributed by atoms with van der Waals surface area (Å²) in [6, 6.07) is 10.3. The molecule has 1 N–H and O–H groups in total. The van der Waals surface area contributed by atoms with E-state index in [-0.39, 0.29) is 0 Å². The average molecular weight is 186 g/mol. The van der Waals surface area contributed by atoms with Crippen LogP contribution in [0.4, 0.5) is 0 Å². The minimum Gasteiger partial charge on any atom is -0.278 e. The van der Waals surface area contributed by atoms with Crippen LogP contribution >= 0.6 is 0 Å². The first-order chi connectivity index (χ1) is 6.92. The Hall–Kier alpha value is -1.57. The number of benzene rings is 1. The first-order valence-corrected chi connectivity index (χ1v) is 4.99. The van der Waals surface area contributed by atoms with E-state index in [4.69, 9.17) is 0 Å². The third-order valence-electron chi connectivity index (χ3n) is 2.30. The van der Waals surface area contributed by atoms with E-state index >= 15 is 0 Å². The Morgan fingerprint density at radius 2 is 2.00 bits per heavy atom. The van der Waals surface area contributed by atoms with Crippen LogP contribution in [0.2, 0.25) is 0 Å². The van der Waals surface area contributed by atoms with Gasteiger partial charge in [-0.3, -0.25) is 5.10 Å². The second-order valence-electron chi connectivity index (χ2n) is 3.39. The van der Waals surface area contributed by atoms with E-state index in [0.29, 0.717) is 0 Å². The maximum Gasteiger partial charge on any atom is 0.0682 e. The molecule has 2 rings (SSSR count). The molecule has 2 aromatic rings. The quantitative estimate of drug-likeness (QED) is 0.784. The van der Waals surface area contributed by atoms with Gasteiger partial charge >= 0.3 is 0 Å². The highest BCUT2D eigenvalue weighted by molar-refractivity contribution is 5.62.